The summed E-state index contributed by atoms with van der Waals surface area (Å²) in [6.45, 7) is 4.55. The summed E-state index contributed by atoms with van der Waals surface area (Å²) in [5.41, 5.74) is 3.03. The molecule has 1 radical (unpaired) electrons. The van der Waals surface area contributed by atoms with Crippen LogP contribution in [0.15, 0.2) is 72.8 Å². The number of rotatable bonds is 14. The van der Waals surface area contributed by atoms with Crippen LogP contribution in [0.1, 0.15) is 102 Å². The van der Waals surface area contributed by atoms with Gasteiger partial charge in [-0.3, -0.25) is 0 Å². The SMILES string of the molecule is CCCCCCCCc1cc2ccccc2[cH-]1.CCCCCCCCc1cc2ccccc2[cH-]1.[Mn+2]. The molecule has 0 aliphatic carbocycles. The number of benzene rings is 2. The molecule has 0 unspecified atom stereocenters. The Bertz CT molecular complexity index is 899. The Balaban J connectivity index is 0.000000240. The molecule has 0 N–H and O–H groups in total. The largest absolute Gasteiger partial charge is 2.00 e. The van der Waals surface area contributed by atoms with Gasteiger partial charge in [-0.2, -0.15) is 12.1 Å². The van der Waals surface area contributed by atoms with Gasteiger partial charge in [0.1, 0.15) is 0 Å². The molecule has 0 fully saturated rings. The van der Waals surface area contributed by atoms with Gasteiger partial charge in [-0.05, 0) is 12.8 Å². The van der Waals surface area contributed by atoms with Crippen LogP contribution in [0.5, 0.6) is 0 Å². The van der Waals surface area contributed by atoms with Crippen LogP contribution < -0.4 is 0 Å². The molecule has 0 aromatic heterocycles. The van der Waals surface area contributed by atoms with E-state index >= 15 is 0 Å². The maximum absolute atomic E-state index is 2.35. The first kappa shape index (κ1) is 29.4. The van der Waals surface area contributed by atoms with E-state index in [2.05, 4.69) is 86.6 Å². The molecule has 0 nitrogen and oxygen atoms in total. The molecule has 1 heteroatoms. The van der Waals surface area contributed by atoms with Gasteiger partial charge in [0.05, 0.1) is 0 Å². The Morgan fingerprint density at radius 2 is 0.857 bits per heavy atom. The molecule has 0 aliphatic heterocycles. The second-order valence-electron chi connectivity index (χ2n) is 10.0. The molecule has 4 aromatic rings. The molecule has 0 atom stereocenters. The minimum Gasteiger partial charge on any atom is -0.165 e. The van der Waals surface area contributed by atoms with Gasteiger partial charge in [-0.25, -0.2) is 0 Å². The average Bonchev–Trinajstić information content (AvgIpc) is 3.47. The van der Waals surface area contributed by atoms with Gasteiger partial charge < -0.3 is 0 Å². The summed E-state index contributed by atoms with van der Waals surface area (Å²) < 4.78 is 0. The van der Waals surface area contributed by atoms with Crippen molar-refractivity contribution < 1.29 is 17.1 Å². The summed E-state index contributed by atoms with van der Waals surface area (Å²) in [6, 6.07) is 26.7. The minimum atomic E-state index is 0. The Hall–Kier alpha value is -1.82. The van der Waals surface area contributed by atoms with Crippen molar-refractivity contribution in [3.8, 4) is 0 Å². The first-order valence-electron chi connectivity index (χ1n) is 14.1. The predicted octanol–water partition coefficient (Wildman–Crippen LogP) is 10.9. The molecular formula is C34H46Mn. The zero-order valence-electron chi connectivity index (χ0n) is 22.2. The van der Waals surface area contributed by atoms with E-state index < -0.39 is 0 Å². The van der Waals surface area contributed by atoms with Gasteiger partial charge in [-0.1, -0.05) is 103 Å². The molecule has 0 heterocycles. The van der Waals surface area contributed by atoms with Crippen LogP contribution in [-0.2, 0) is 29.9 Å². The molecule has 0 saturated carbocycles. The molecule has 189 valence electrons. The first-order chi connectivity index (χ1) is 16.8. The number of aryl methyl sites for hydroxylation is 2. The van der Waals surface area contributed by atoms with E-state index in [4.69, 9.17) is 0 Å². The molecule has 35 heavy (non-hydrogen) atoms. The maximum atomic E-state index is 2.35. The number of hydrogen-bond donors (Lipinski definition) is 0. The predicted molar refractivity (Wildman–Crippen MR) is 153 cm³/mol. The van der Waals surface area contributed by atoms with Crippen molar-refractivity contribution in [2.75, 3.05) is 0 Å². The summed E-state index contributed by atoms with van der Waals surface area (Å²) in [7, 11) is 0. The van der Waals surface area contributed by atoms with Crippen molar-refractivity contribution in [3.05, 3.63) is 83.9 Å². The normalized spacial score (nSPS) is 10.8. The van der Waals surface area contributed by atoms with E-state index in [0.29, 0.717) is 0 Å². The van der Waals surface area contributed by atoms with Gasteiger partial charge >= 0.3 is 17.1 Å². The molecule has 4 aromatic carbocycles. The molecular weight excluding hydrogens is 463 g/mol. The minimum absolute atomic E-state index is 0. The summed E-state index contributed by atoms with van der Waals surface area (Å²) >= 11 is 0. The van der Waals surface area contributed by atoms with E-state index in [1.165, 1.54) is 123 Å². The molecule has 4 rings (SSSR count). The van der Waals surface area contributed by atoms with Gasteiger partial charge in [0.15, 0.2) is 0 Å². The second kappa shape index (κ2) is 17.6. The number of fused-ring (bicyclic) bond motifs is 2. The van der Waals surface area contributed by atoms with Crippen molar-refractivity contribution in [1.82, 2.24) is 0 Å². The standard InChI is InChI=1S/2C17H23.Mn/c2*1-2-3-4-5-6-7-10-15-13-16-11-8-9-12-17(16)14-15;/h2*8-9,11-14H,2-7,10H2,1H3;/q2*-1;+2. The third kappa shape index (κ3) is 10.8. The molecule has 0 aliphatic rings. The van der Waals surface area contributed by atoms with E-state index in [1.54, 1.807) is 0 Å². The fourth-order valence-electron chi connectivity index (χ4n) is 4.94. The van der Waals surface area contributed by atoms with Crippen LogP contribution in [0, 0.1) is 0 Å². The van der Waals surface area contributed by atoms with Crippen molar-refractivity contribution >= 4 is 21.5 Å². The van der Waals surface area contributed by atoms with Crippen LogP contribution in [-0.4, -0.2) is 0 Å². The summed E-state index contributed by atoms with van der Waals surface area (Å²) in [5, 5.41) is 5.59. The monoisotopic (exact) mass is 509 g/mol. The van der Waals surface area contributed by atoms with Crippen molar-refractivity contribution in [2.24, 2.45) is 0 Å². The Labute approximate surface area is 225 Å². The van der Waals surface area contributed by atoms with Gasteiger partial charge in [0.2, 0.25) is 0 Å². The number of hydrogen-bond acceptors (Lipinski definition) is 0. The fourth-order valence-corrected chi connectivity index (χ4v) is 4.94. The third-order valence-corrected chi connectivity index (χ3v) is 6.99. The fraction of sp³-hybridized carbons (Fsp3) is 0.471. The van der Waals surface area contributed by atoms with Crippen LogP contribution in [0.2, 0.25) is 0 Å². The van der Waals surface area contributed by atoms with Gasteiger partial charge in [0.25, 0.3) is 0 Å². The molecule has 0 bridgehead atoms. The van der Waals surface area contributed by atoms with E-state index in [-0.39, 0.29) is 17.1 Å². The topological polar surface area (TPSA) is 0 Å². The van der Waals surface area contributed by atoms with E-state index in [0.717, 1.165) is 0 Å². The van der Waals surface area contributed by atoms with Crippen LogP contribution >= 0.6 is 0 Å². The van der Waals surface area contributed by atoms with Crippen LogP contribution in [0.3, 0.4) is 0 Å². The molecule has 0 amide bonds. The zero-order chi connectivity index (χ0) is 23.8. The second-order valence-corrected chi connectivity index (χ2v) is 10.0. The van der Waals surface area contributed by atoms with Crippen molar-refractivity contribution in [3.63, 3.8) is 0 Å². The first-order valence-corrected chi connectivity index (χ1v) is 14.1. The Morgan fingerprint density at radius 3 is 1.26 bits per heavy atom. The smallest absolute Gasteiger partial charge is 0.165 e. The Morgan fingerprint density at radius 1 is 0.486 bits per heavy atom. The Kier molecular flexibility index (Phi) is 14.8. The summed E-state index contributed by atoms with van der Waals surface area (Å²) in [5.74, 6) is 0. The van der Waals surface area contributed by atoms with E-state index in [9.17, 15) is 0 Å². The number of unbranched alkanes of at least 4 members (excludes halogenated alkanes) is 10. The maximum Gasteiger partial charge on any atom is 2.00 e. The van der Waals surface area contributed by atoms with Crippen LogP contribution in [0.25, 0.3) is 21.5 Å². The third-order valence-electron chi connectivity index (χ3n) is 6.99. The van der Waals surface area contributed by atoms with E-state index in [1.807, 2.05) is 0 Å². The quantitative estimate of drug-likeness (QED) is 0.0901. The summed E-state index contributed by atoms with van der Waals surface area (Å²) in [6.07, 6.45) is 19.1. The summed E-state index contributed by atoms with van der Waals surface area (Å²) in [4.78, 5) is 0. The zero-order valence-corrected chi connectivity index (χ0v) is 23.4. The molecule has 0 spiro atoms. The van der Waals surface area contributed by atoms with Gasteiger partial charge in [-0.15, -0.1) is 81.2 Å². The van der Waals surface area contributed by atoms with Gasteiger partial charge in [0, 0.05) is 0 Å². The van der Waals surface area contributed by atoms with Crippen molar-refractivity contribution in [2.45, 2.75) is 104 Å². The molecule has 0 saturated heterocycles. The van der Waals surface area contributed by atoms with Crippen molar-refractivity contribution in [1.29, 1.82) is 0 Å². The van der Waals surface area contributed by atoms with Crippen LogP contribution in [0.4, 0.5) is 0 Å². The average molecular weight is 510 g/mol.